The van der Waals surface area contributed by atoms with Gasteiger partial charge in [0.1, 0.15) is 6.04 Å². The lowest BCUT2D eigenvalue weighted by Gasteiger charge is -2.32. The van der Waals surface area contributed by atoms with Gasteiger partial charge in [-0.15, -0.1) is 12.6 Å². The van der Waals surface area contributed by atoms with Gasteiger partial charge in [-0.3, -0.25) is 14.5 Å². The number of carbonyl (C=O) groups excluding carboxylic acids is 2. The third-order valence-corrected chi connectivity index (χ3v) is 3.03. The summed E-state index contributed by atoms with van der Waals surface area (Å²) in [6, 6.07) is 8.97. The van der Waals surface area contributed by atoms with E-state index in [1.807, 2.05) is 35.2 Å². The van der Waals surface area contributed by atoms with E-state index >= 15 is 0 Å². The minimum atomic E-state index is -0.439. The number of hydrogen-bond acceptors (Lipinski definition) is 3. The van der Waals surface area contributed by atoms with Crippen LogP contribution in [-0.4, -0.2) is 35.6 Å². The summed E-state index contributed by atoms with van der Waals surface area (Å²) in [5, 5.41) is 2.51. The van der Waals surface area contributed by atoms with Crippen LogP contribution in [0.25, 0.3) is 0 Å². The van der Waals surface area contributed by atoms with Gasteiger partial charge in [-0.1, -0.05) is 30.3 Å². The quantitative estimate of drug-likeness (QED) is 0.773. The molecule has 4 nitrogen and oxygen atoms in total. The number of rotatable bonds is 3. The Hall–Kier alpha value is -1.33. The smallest absolute Gasteiger partial charge is 0.234 e. The van der Waals surface area contributed by atoms with E-state index in [9.17, 15) is 9.59 Å². The van der Waals surface area contributed by atoms with Crippen molar-refractivity contribution >= 4 is 23.7 Å². The molecule has 1 aromatic carbocycles. The summed E-state index contributed by atoms with van der Waals surface area (Å²) >= 11 is 3.93. The Labute approximate surface area is 105 Å². The zero-order valence-electron chi connectivity index (χ0n) is 9.30. The molecule has 0 aromatic heterocycles. The van der Waals surface area contributed by atoms with E-state index in [0.29, 0.717) is 13.1 Å². The molecule has 1 heterocycles. The average Bonchev–Trinajstić information content (AvgIpc) is 2.30. The molecule has 90 valence electrons. The van der Waals surface area contributed by atoms with Crippen LogP contribution in [0.2, 0.25) is 0 Å². The minimum absolute atomic E-state index is 0.0493. The van der Waals surface area contributed by atoms with Gasteiger partial charge in [-0.05, 0) is 5.56 Å². The number of amides is 1. The van der Waals surface area contributed by atoms with Crippen LogP contribution < -0.4 is 5.32 Å². The van der Waals surface area contributed by atoms with E-state index < -0.39 is 6.04 Å². The molecule has 1 N–H and O–H groups in total. The van der Waals surface area contributed by atoms with Gasteiger partial charge >= 0.3 is 0 Å². The maximum absolute atomic E-state index is 11.6. The fourth-order valence-electron chi connectivity index (χ4n) is 2.02. The molecule has 1 aliphatic heterocycles. The third kappa shape index (κ3) is 2.87. The molecule has 0 spiro atoms. The van der Waals surface area contributed by atoms with Gasteiger partial charge in [0.15, 0.2) is 0 Å². The maximum atomic E-state index is 11.6. The highest BCUT2D eigenvalue weighted by Gasteiger charge is 2.28. The van der Waals surface area contributed by atoms with Crippen molar-refractivity contribution in [2.75, 3.05) is 19.6 Å². The van der Waals surface area contributed by atoms with Crippen LogP contribution in [0.1, 0.15) is 11.6 Å². The molecule has 1 amide bonds. The topological polar surface area (TPSA) is 49.4 Å². The first-order chi connectivity index (χ1) is 8.18. The number of carbonyl (C=O) groups is 2. The largest absolute Gasteiger partial charge is 0.354 e. The molecule has 17 heavy (non-hydrogen) atoms. The highest BCUT2D eigenvalue weighted by Crippen LogP contribution is 2.23. The van der Waals surface area contributed by atoms with E-state index in [4.69, 9.17) is 0 Å². The molecular weight excluding hydrogens is 236 g/mol. The van der Waals surface area contributed by atoms with Crippen LogP contribution in [0.4, 0.5) is 0 Å². The van der Waals surface area contributed by atoms with Gasteiger partial charge in [0.05, 0.1) is 6.54 Å². The lowest BCUT2D eigenvalue weighted by atomic mass is 10.1. The maximum Gasteiger partial charge on any atom is 0.234 e. The Kier molecular flexibility index (Phi) is 3.81. The Bertz CT molecular complexity index is 422. The molecule has 1 saturated heterocycles. The number of nitrogens with zero attached hydrogens (tertiary/aromatic N) is 1. The summed E-state index contributed by atoms with van der Waals surface area (Å²) < 4.78 is 0. The van der Waals surface area contributed by atoms with Gasteiger partial charge in [0, 0.05) is 13.1 Å². The van der Waals surface area contributed by atoms with Crippen LogP contribution in [-0.2, 0) is 9.59 Å². The Morgan fingerprint density at radius 2 is 2.06 bits per heavy atom. The second-order valence-electron chi connectivity index (χ2n) is 3.97. The molecule has 1 aliphatic rings. The van der Waals surface area contributed by atoms with Gasteiger partial charge in [0.2, 0.25) is 11.0 Å². The minimum Gasteiger partial charge on any atom is -0.354 e. The zero-order chi connectivity index (χ0) is 12.3. The van der Waals surface area contributed by atoms with Gasteiger partial charge < -0.3 is 5.32 Å². The van der Waals surface area contributed by atoms with Crippen molar-refractivity contribution in [3.05, 3.63) is 35.9 Å². The Morgan fingerprint density at radius 1 is 1.35 bits per heavy atom. The Morgan fingerprint density at radius 3 is 2.65 bits per heavy atom. The summed E-state index contributed by atoms with van der Waals surface area (Å²) in [4.78, 5) is 24.8. The van der Waals surface area contributed by atoms with Gasteiger partial charge in [-0.25, -0.2) is 0 Å². The molecule has 0 aliphatic carbocycles. The zero-order valence-corrected chi connectivity index (χ0v) is 10.2. The molecular formula is C12H14N2O2S. The number of nitrogens with one attached hydrogen (secondary N) is 1. The normalized spacial score (nSPS) is 18.5. The van der Waals surface area contributed by atoms with Crippen molar-refractivity contribution in [3.63, 3.8) is 0 Å². The average molecular weight is 250 g/mol. The Balaban J connectivity index is 2.23. The van der Waals surface area contributed by atoms with Crippen molar-refractivity contribution in [3.8, 4) is 0 Å². The first-order valence-corrected chi connectivity index (χ1v) is 5.91. The lowest BCUT2D eigenvalue weighted by Crippen LogP contribution is -2.49. The second-order valence-corrected chi connectivity index (χ2v) is 4.41. The number of thiol groups is 1. The van der Waals surface area contributed by atoms with E-state index in [2.05, 4.69) is 17.9 Å². The van der Waals surface area contributed by atoms with E-state index in [1.54, 1.807) is 0 Å². The predicted octanol–water partition coefficient (Wildman–Crippen LogP) is 0.616. The van der Waals surface area contributed by atoms with Crippen molar-refractivity contribution in [1.29, 1.82) is 0 Å². The van der Waals surface area contributed by atoms with E-state index in [0.717, 1.165) is 5.56 Å². The molecule has 1 atom stereocenters. The van der Waals surface area contributed by atoms with Crippen molar-refractivity contribution in [2.45, 2.75) is 6.04 Å². The second kappa shape index (κ2) is 5.33. The van der Waals surface area contributed by atoms with Gasteiger partial charge in [0.25, 0.3) is 0 Å². The monoisotopic (exact) mass is 250 g/mol. The van der Waals surface area contributed by atoms with Crippen LogP contribution >= 0.6 is 12.6 Å². The summed E-state index contributed by atoms with van der Waals surface area (Å²) in [6.07, 6.45) is 0. The summed E-state index contributed by atoms with van der Waals surface area (Å²) in [6.45, 7) is 1.48. The SMILES string of the molecule is O=C1CN([C@@H](C(=O)S)c2ccccc2)CCN1. The predicted molar refractivity (Wildman–Crippen MR) is 67.8 cm³/mol. The summed E-state index contributed by atoms with van der Waals surface area (Å²) in [5.74, 6) is -0.0493. The van der Waals surface area contributed by atoms with E-state index in [1.165, 1.54) is 0 Å². The summed E-state index contributed by atoms with van der Waals surface area (Å²) in [7, 11) is 0. The number of piperazine rings is 1. The third-order valence-electron chi connectivity index (χ3n) is 2.78. The molecule has 0 radical (unpaired) electrons. The van der Waals surface area contributed by atoms with Crippen LogP contribution in [0.3, 0.4) is 0 Å². The first kappa shape index (κ1) is 12.1. The molecule has 0 bridgehead atoms. The molecule has 1 fully saturated rings. The lowest BCUT2D eigenvalue weighted by molar-refractivity contribution is -0.126. The fraction of sp³-hybridized carbons (Fsp3) is 0.333. The molecule has 0 unspecified atom stereocenters. The van der Waals surface area contributed by atoms with Crippen molar-refractivity contribution in [2.24, 2.45) is 0 Å². The number of benzene rings is 1. The van der Waals surface area contributed by atoms with E-state index in [-0.39, 0.29) is 17.6 Å². The van der Waals surface area contributed by atoms with Crippen molar-refractivity contribution in [1.82, 2.24) is 10.2 Å². The standard InChI is InChI=1S/C12H14N2O2S/c15-10-8-14(7-6-13-10)11(12(16)17)9-4-2-1-3-5-9/h1-5,11H,6-8H2,(H,13,15)(H,16,17)/t11-/m1/s1. The van der Waals surface area contributed by atoms with Crippen LogP contribution in [0, 0.1) is 0 Å². The summed E-state index contributed by atoms with van der Waals surface area (Å²) in [5.41, 5.74) is 0.877. The van der Waals surface area contributed by atoms with Crippen LogP contribution in [0.5, 0.6) is 0 Å². The van der Waals surface area contributed by atoms with Crippen molar-refractivity contribution < 1.29 is 9.59 Å². The molecule has 0 saturated carbocycles. The molecule has 5 heteroatoms. The number of hydrogen-bond donors (Lipinski definition) is 2. The first-order valence-electron chi connectivity index (χ1n) is 5.47. The van der Waals surface area contributed by atoms with Crippen LogP contribution in [0.15, 0.2) is 30.3 Å². The van der Waals surface area contributed by atoms with Gasteiger partial charge in [-0.2, -0.15) is 0 Å². The molecule has 1 aromatic rings. The fourth-order valence-corrected chi connectivity index (χ4v) is 2.34. The highest BCUT2D eigenvalue weighted by atomic mass is 32.1. The highest BCUT2D eigenvalue weighted by molar-refractivity contribution is 7.96. The molecule has 2 rings (SSSR count).